The number of allylic oxidation sites excluding steroid dienone is 8. The monoisotopic (exact) mass is 939 g/mol. The number of carbonyl (C=O) groups excluding carboxylic acids is 3. The third-order valence-corrected chi connectivity index (χ3v) is 12.8. The van der Waals surface area contributed by atoms with Gasteiger partial charge < -0.3 is 14.2 Å². The standard InChI is InChI=1S/C61H110O6/c1-4-7-10-13-16-19-22-25-27-28-29-30-31-32-34-36-39-42-45-48-51-54-60(63)66-57-58(56-65-59(62)53-50-47-44-41-38-35-24-21-18-15-12-9-6-3)67-61(64)55-52-49-46-43-40-37-33-26-23-20-17-14-11-8-5-2/h8,11,17,20,26,33,40,43,58H,4-7,9-10,12-16,18-19,21-25,27-32,34-39,41-42,44-57H2,1-3H3/b11-8-,20-17-,33-26-,43-40-. The van der Waals surface area contributed by atoms with Crippen molar-refractivity contribution in [2.75, 3.05) is 13.2 Å². The number of hydrogen-bond acceptors (Lipinski definition) is 6. The molecule has 67 heavy (non-hydrogen) atoms. The molecular weight excluding hydrogens is 829 g/mol. The number of unbranched alkanes of at least 4 members (excludes halogenated alkanes) is 34. The Morgan fingerprint density at radius 2 is 0.582 bits per heavy atom. The van der Waals surface area contributed by atoms with E-state index in [9.17, 15) is 14.4 Å². The lowest BCUT2D eigenvalue weighted by Crippen LogP contribution is -2.30. The van der Waals surface area contributed by atoms with Crippen molar-refractivity contribution in [2.24, 2.45) is 0 Å². The Bertz CT molecular complexity index is 1170. The van der Waals surface area contributed by atoms with Crippen molar-refractivity contribution in [1.82, 2.24) is 0 Å². The number of hydrogen-bond donors (Lipinski definition) is 0. The molecule has 0 N–H and O–H groups in total. The Kier molecular flexibility index (Phi) is 53.8. The summed E-state index contributed by atoms with van der Waals surface area (Å²) in [5.74, 6) is -0.911. The number of rotatable bonds is 53. The van der Waals surface area contributed by atoms with Gasteiger partial charge in [-0.1, -0.05) is 275 Å². The van der Waals surface area contributed by atoms with Crippen LogP contribution in [0.15, 0.2) is 48.6 Å². The summed E-state index contributed by atoms with van der Waals surface area (Å²) in [5, 5.41) is 0. The van der Waals surface area contributed by atoms with Gasteiger partial charge in [0.15, 0.2) is 6.10 Å². The second-order valence-electron chi connectivity index (χ2n) is 19.5. The third-order valence-electron chi connectivity index (χ3n) is 12.8. The first-order chi connectivity index (χ1) is 33.0. The van der Waals surface area contributed by atoms with Gasteiger partial charge in [0, 0.05) is 19.3 Å². The Morgan fingerprint density at radius 1 is 0.313 bits per heavy atom. The van der Waals surface area contributed by atoms with Crippen LogP contribution >= 0.6 is 0 Å². The fraction of sp³-hybridized carbons (Fsp3) is 0.820. The lowest BCUT2D eigenvalue weighted by Gasteiger charge is -2.18. The maximum Gasteiger partial charge on any atom is 0.306 e. The fourth-order valence-corrected chi connectivity index (χ4v) is 8.49. The average Bonchev–Trinajstić information content (AvgIpc) is 3.33. The van der Waals surface area contributed by atoms with Gasteiger partial charge in [-0.2, -0.15) is 0 Å². The lowest BCUT2D eigenvalue weighted by atomic mass is 10.0. The average molecular weight is 940 g/mol. The van der Waals surface area contributed by atoms with Gasteiger partial charge in [-0.25, -0.2) is 0 Å². The van der Waals surface area contributed by atoms with Crippen LogP contribution in [-0.2, 0) is 28.6 Å². The summed E-state index contributed by atoms with van der Waals surface area (Å²) >= 11 is 0. The quantitative estimate of drug-likeness (QED) is 0.0262. The zero-order chi connectivity index (χ0) is 48.6. The summed E-state index contributed by atoms with van der Waals surface area (Å²) in [6, 6.07) is 0. The Hall–Kier alpha value is -2.63. The van der Waals surface area contributed by atoms with Crippen molar-refractivity contribution in [3.63, 3.8) is 0 Å². The van der Waals surface area contributed by atoms with E-state index >= 15 is 0 Å². The molecule has 0 bridgehead atoms. The molecule has 0 amide bonds. The smallest absolute Gasteiger partial charge is 0.306 e. The van der Waals surface area contributed by atoms with Crippen molar-refractivity contribution in [1.29, 1.82) is 0 Å². The van der Waals surface area contributed by atoms with Gasteiger partial charge >= 0.3 is 17.9 Å². The normalized spacial score (nSPS) is 12.3. The van der Waals surface area contributed by atoms with E-state index in [4.69, 9.17) is 14.2 Å². The van der Waals surface area contributed by atoms with Crippen LogP contribution in [0.2, 0.25) is 0 Å². The molecule has 0 aliphatic rings. The highest BCUT2D eigenvalue weighted by atomic mass is 16.6. The molecular formula is C61H110O6. The maximum atomic E-state index is 12.8. The van der Waals surface area contributed by atoms with Crippen molar-refractivity contribution in [2.45, 2.75) is 309 Å². The van der Waals surface area contributed by atoms with E-state index in [1.165, 1.54) is 180 Å². The van der Waals surface area contributed by atoms with E-state index in [1.807, 2.05) is 0 Å². The summed E-state index contributed by atoms with van der Waals surface area (Å²) < 4.78 is 16.8. The van der Waals surface area contributed by atoms with E-state index in [-0.39, 0.29) is 37.5 Å². The Balaban J connectivity index is 4.33. The molecule has 0 rings (SSSR count). The molecule has 0 aromatic rings. The van der Waals surface area contributed by atoms with Crippen molar-refractivity contribution < 1.29 is 28.6 Å². The molecule has 0 aliphatic heterocycles. The molecule has 6 heteroatoms. The minimum absolute atomic E-state index is 0.0855. The van der Waals surface area contributed by atoms with E-state index in [0.717, 1.165) is 77.0 Å². The highest BCUT2D eigenvalue weighted by Crippen LogP contribution is 2.17. The molecule has 0 aliphatic carbocycles. The van der Waals surface area contributed by atoms with Crippen LogP contribution in [0.3, 0.4) is 0 Å². The summed E-state index contributed by atoms with van der Waals surface area (Å²) in [6.07, 6.45) is 68.3. The number of esters is 3. The van der Waals surface area contributed by atoms with Crippen LogP contribution in [0.25, 0.3) is 0 Å². The van der Waals surface area contributed by atoms with Gasteiger partial charge in [0.2, 0.25) is 0 Å². The van der Waals surface area contributed by atoms with E-state index in [1.54, 1.807) is 0 Å². The SMILES string of the molecule is CC/C=C\C/C=C\C/C=C\C/C=C\CCCCC(=O)OC(COC(=O)CCCCCCCCCCCCCCC)COC(=O)CCCCCCCCCCCCCCCCCCCCCCC. The largest absolute Gasteiger partial charge is 0.462 e. The minimum Gasteiger partial charge on any atom is -0.462 e. The second kappa shape index (κ2) is 56.0. The number of ether oxygens (including phenoxy) is 3. The molecule has 390 valence electrons. The van der Waals surface area contributed by atoms with Gasteiger partial charge in [-0.3, -0.25) is 14.4 Å². The van der Waals surface area contributed by atoms with Crippen LogP contribution < -0.4 is 0 Å². The topological polar surface area (TPSA) is 78.9 Å². The van der Waals surface area contributed by atoms with Gasteiger partial charge in [0.25, 0.3) is 0 Å². The Labute approximate surface area is 416 Å². The molecule has 0 heterocycles. The highest BCUT2D eigenvalue weighted by Gasteiger charge is 2.19. The highest BCUT2D eigenvalue weighted by molar-refractivity contribution is 5.71. The summed E-state index contributed by atoms with van der Waals surface area (Å²) in [7, 11) is 0. The van der Waals surface area contributed by atoms with Gasteiger partial charge in [0.1, 0.15) is 13.2 Å². The van der Waals surface area contributed by atoms with Crippen molar-refractivity contribution in [3.8, 4) is 0 Å². The maximum absolute atomic E-state index is 12.8. The molecule has 0 spiro atoms. The summed E-state index contributed by atoms with van der Waals surface area (Å²) in [6.45, 7) is 6.53. The van der Waals surface area contributed by atoms with Crippen molar-refractivity contribution >= 4 is 17.9 Å². The summed E-state index contributed by atoms with van der Waals surface area (Å²) in [4.78, 5) is 38.1. The second-order valence-corrected chi connectivity index (χ2v) is 19.5. The molecule has 0 saturated heterocycles. The first kappa shape index (κ1) is 64.4. The first-order valence-electron chi connectivity index (χ1n) is 29.1. The molecule has 1 unspecified atom stereocenters. The summed E-state index contributed by atoms with van der Waals surface area (Å²) in [5.41, 5.74) is 0. The van der Waals surface area contributed by atoms with Crippen molar-refractivity contribution in [3.05, 3.63) is 48.6 Å². The molecule has 0 aromatic heterocycles. The zero-order valence-corrected chi connectivity index (χ0v) is 44.7. The first-order valence-corrected chi connectivity index (χ1v) is 29.1. The molecule has 0 fully saturated rings. The zero-order valence-electron chi connectivity index (χ0n) is 44.7. The molecule has 6 nitrogen and oxygen atoms in total. The molecule has 0 radical (unpaired) electrons. The van der Waals surface area contributed by atoms with Crippen LogP contribution in [-0.4, -0.2) is 37.2 Å². The fourth-order valence-electron chi connectivity index (χ4n) is 8.49. The van der Waals surface area contributed by atoms with Crippen LogP contribution in [0.5, 0.6) is 0 Å². The van der Waals surface area contributed by atoms with Gasteiger partial charge in [-0.15, -0.1) is 0 Å². The minimum atomic E-state index is -0.791. The van der Waals surface area contributed by atoms with Crippen LogP contribution in [0.1, 0.15) is 303 Å². The predicted octanol–water partition coefficient (Wildman–Crippen LogP) is 19.4. The molecule has 0 saturated carbocycles. The molecule has 1 atom stereocenters. The lowest BCUT2D eigenvalue weighted by molar-refractivity contribution is -0.167. The van der Waals surface area contributed by atoms with E-state index in [2.05, 4.69) is 69.4 Å². The number of carbonyl (C=O) groups is 3. The van der Waals surface area contributed by atoms with E-state index in [0.29, 0.717) is 19.3 Å². The van der Waals surface area contributed by atoms with Crippen LogP contribution in [0.4, 0.5) is 0 Å². The third kappa shape index (κ3) is 54.2. The Morgan fingerprint density at radius 3 is 0.910 bits per heavy atom. The van der Waals surface area contributed by atoms with Crippen LogP contribution in [0, 0.1) is 0 Å². The van der Waals surface area contributed by atoms with Gasteiger partial charge in [0.05, 0.1) is 0 Å². The van der Waals surface area contributed by atoms with Gasteiger partial charge in [-0.05, 0) is 57.8 Å². The predicted molar refractivity (Wildman–Crippen MR) is 289 cm³/mol. The molecule has 0 aromatic carbocycles. The van der Waals surface area contributed by atoms with E-state index < -0.39 is 6.10 Å².